The third kappa shape index (κ3) is 3.19. The van der Waals surface area contributed by atoms with Crippen LogP contribution in [0.2, 0.25) is 0 Å². The first-order valence-electron chi connectivity index (χ1n) is 7.21. The third-order valence-corrected chi connectivity index (χ3v) is 4.43. The maximum Gasteiger partial charge on any atom is 0.417 e. The van der Waals surface area contributed by atoms with Crippen LogP contribution in [0.3, 0.4) is 0 Å². The fourth-order valence-corrected chi connectivity index (χ4v) is 3.26. The van der Waals surface area contributed by atoms with E-state index in [0.29, 0.717) is 10.1 Å². The largest absolute Gasteiger partial charge is 0.462 e. The molecule has 1 aromatic carbocycles. The summed E-state index contributed by atoms with van der Waals surface area (Å²) in [6, 6.07) is 5.53. The van der Waals surface area contributed by atoms with Crippen LogP contribution in [0.25, 0.3) is 10.1 Å². The molecule has 3 rings (SSSR count). The van der Waals surface area contributed by atoms with Gasteiger partial charge in [0.25, 0.3) is 5.91 Å². The molecule has 0 unspecified atom stereocenters. The van der Waals surface area contributed by atoms with Crippen molar-refractivity contribution < 1.29 is 27.1 Å². The molecular weight excluding hydrogens is 374 g/mol. The number of benzene rings is 1. The van der Waals surface area contributed by atoms with Crippen molar-refractivity contribution in [2.24, 2.45) is 0 Å². The zero-order chi connectivity index (χ0) is 18.9. The first-order valence-corrected chi connectivity index (χ1v) is 7.98. The Kier molecular flexibility index (Phi) is 4.77. The summed E-state index contributed by atoms with van der Waals surface area (Å²) < 4.78 is 61.7. The van der Waals surface area contributed by atoms with Crippen molar-refractivity contribution in [2.45, 2.75) is 6.18 Å². The van der Waals surface area contributed by atoms with E-state index < -0.39 is 30.1 Å². The van der Waals surface area contributed by atoms with Crippen LogP contribution in [0.15, 0.2) is 36.7 Å². The van der Waals surface area contributed by atoms with Gasteiger partial charge >= 0.3 is 6.18 Å². The Bertz CT molecular complexity index is 958. The molecule has 0 atom stereocenters. The number of aromatic nitrogens is 2. The topological polar surface area (TPSA) is 55.3 Å². The number of amides is 1. The van der Waals surface area contributed by atoms with Crippen LogP contribution in [0.5, 0.6) is 5.75 Å². The molecule has 0 bridgehead atoms. The lowest BCUT2D eigenvalue weighted by Crippen LogP contribution is -2.29. The highest BCUT2D eigenvalue weighted by molar-refractivity contribution is 7.13. The molecule has 0 saturated heterocycles. The average Bonchev–Trinajstić information content (AvgIpc) is 3.05. The van der Waals surface area contributed by atoms with Gasteiger partial charge in [-0.3, -0.25) is 14.7 Å². The molecule has 0 spiro atoms. The zero-order valence-corrected chi connectivity index (χ0v) is 14.1. The number of halogens is 4. The van der Waals surface area contributed by atoms with Gasteiger partial charge in [0.1, 0.15) is 5.75 Å². The van der Waals surface area contributed by atoms with Gasteiger partial charge < -0.3 is 4.74 Å². The summed E-state index contributed by atoms with van der Waals surface area (Å²) in [6.07, 6.45) is -2.89. The number of alkyl halides is 4. The number of nitrogens with zero attached hydrogens (tertiary/aromatic N) is 3. The van der Waals surface area contributed by atoms with E-state index in [1.807, 2.05) is 0 Å². The van der Waals surface area contributed by atoms with E-state index >= 15 is 0 Å². The van der Waals surface area contributed by atoms with Gasteiger partial charge in [0.2, 0.25) is 6.86 Å². The molecule has 0 fully saturated rings. The number of rotatable bonds is 4. The zero-order valence-electron chi connectivity index (χ0n) is 13.2. The number of pyridine rings is 1. The van der Waals surface area contributed by atoms with E-state index in [4.69, 9.17) is 4.74 Å². The van der Waals surface area contributed by atoms with Crippen LogP contribution >= 0.6 is 11.5 Å². The molecule has 0 saturated carbocycles. The summed E-state index contributed by atoms with van der Waals surface area (Å²) >= 11 is 1.02. The van der Waals surface area contributed by atoms with Gasteiger partial charge in [0.05, 0.1) is 21.2 Å². The Labute approximate surface area is 149 Å². The van der Waals surface area contributed by atoms with Crippen molar-refractivity contribution >= 4 is 33.3 Å². The van der Waals surface area contributed by atoms with E-state index in [-0.39, 0.29) is 11.6 Å². The lowest BCUT2D eigenvalue weighted by atomic mass is 10.1. The molecule has 0 radical (unpaired) electrons. The molecule has 0 aliphatic heterocycles. The number of hydrogen-bond donors (Lipinski definition) is 0. The fraction of sp³-hybridized carbons (Fsp3) is 0.188. The Hall–Kier alpha value is -2.75. The van der Waals surface area contributed by atoms with E-state index in [0.717, 1.165) is 34.9 Å². The van der Waals surface area contributed by atoms with Gasteiger partial charge in [-0.1, -0.05) is 6.07 Å². The predicted molar refractivity (Wildman–Crippen MR) is 88.2 cm³/mol. The van der Waals surface area contributed by atoms with Gasteiger partial charge in [-0.15, -0.1) is 0 Å². The Morgan fingerprint density at radius 2 is 2.08 bits per heavy atom. The van der Waals surface area contributed by atoms with Crippen LogP contribution in [-0.4, -0.2) is 29.2 Å². The number of carbonyl (C=O) groups is 1. The Morgan fingerprint density at radius 1 is 1.31 bits per heavy atom. The molecule has 0 aliphatic rings. The van der Waals surface area contributed by atoms with Crippen LogP contribution in [0.1, 0.15) is 15.9 Å². The van der Waals surface area contributed by atoms with Crippen LogP contribution in [0, 0.1) is 0 Å². The second kappa shape index (κ2) is 6.87. The van der Waals surface area contributed by atoms with E-state index in [9.17, 15) is 22.4 Å². The van der Waals surface area contributed by atoms with Gasteiger partial charge in [-0.05, 0) is 29.7 Å². The standard InChI is InChI=1S/C16H11F4N3O2S/c1-23(15(24)9-7-21-6-5-10(9)16(18,19)20)14-13-11(25-8-17)3-2-4-12(13)26-22-14/h2-7H,8H2,1H3. The highest BCUT2D eigenvalue weighted by atomic mass is 32.1. The smallest absolute Gasteiger partial charge is 0.417 e. The van der Waals surface area contributed by atoms with E-state index in [1.54, 1.807) is 12.1 Å². The minimum Gasteiger partial charge on any atom is -0.462 e. The van der Waals surface area contributed by atoms with Gasteiger partial charge in [0.15, 0.2) is 5.82 Å². The lowest BCUT2D eigenvalue weighted by Gasteiger charge is -2.18. The Balaban J connectivity index is 2.07. The summed E-state index contributed by atoms with van der Waals surface area (Å²) in [7, 11) is 1.29. The SMILES string of the molecule is CN(C(=O)c1cnccc1C(F)(F)F)c1nsc2cccc(OCF)c12. The Morgan fingerprint density at radius 3 is 2.77 bits per heavy atom. The molecule has 2 aromatic heterocycles. The molecule has 3 aromatic rings. The highest BCUT2D eigenvalue weighted by Crippen LogP contribution is 2.38. The summed E-state index contributed by atoms with van der Waals surface area (Å²) in [6.45, 7) is -1.09. The summed E-state index contributed by atoms with van der Waals surface area (Å²) in [4.78, 5) is 17.2. The number of hydrogen-bond acceptors (Lipinski definition) is 5. The lowest BCUT2D eigenvalue weighted by molar-refractivity contribution is -0.138. The highest BCUT2D eigenvalue weighted by Gasteiger charge is 2.36. The fourth-order valence-electron chi connectivity index (χ4n) is 2.44. The maximum atomic E-state index is 13.2. The summed E-state index contributed by atoms with van der Waals surface area (Å²) in [5, 5.41) is 0.350. The summed E-state index contributed by atoms with van der Waals surface area (Å²) in [5.74, 6) is -0.709. The normalized spacial score (nSPS) is 11.6. The number of ether oxygens (including phenoxy) is 1. The molecule has 136 valence electrons. The average molecular weight is 385 g/mol. The van der Waals surface area contributed by atoms with Crippen molar-refractivity contribution in [3.63, 3.8) is 0 Å². The minimum absolute atomic E-state index is 0.0797. The molecular formula is C16H11F4N3O2S. The molecule has 26 heavy (non-hydrogen) atoms. The van der Waals surface area contributed by atoms with Gasteiger partial charge in [-0.25, -0.2) is 4.39 Å². The number of fused-ring (bicyclic) bond motifs is 1. The minimum atomic E-state index is -4.71. The summed E-state index contributed by atoms with van der Waals surface area (Å²) in [5.41, 5.74) is -1.70. The molecule has 2 heterocycles. The van der Waals surface area contributed by atoms with Gasteiger partial charge in [-0.2, -0.15) is 17.5 Å². The van der Waals surface area contributed by atoms with E-state index in [2.05, 4.69) is 9.36 Å². The van der Waals surface area contributed by atoms with Crippen LogP contribution in [-0.2, 0) is 6.18 Å². The number of carbonyl (C=O) groups excluding carboxylic acids is 1. The second-order valence-electron chi connectivity index (χ2n) is 5.17. The van der Waals surface area contributed by atoms with Crippen molar-refractivity contribution in [1.29, 1.82) is 0 Å². The van der Waals surface area contributed by atoms with Crippen molar-refractivity contribution in [1.82, 2.24) is 9.36 Å². The maximum absolute atomic E-state index is 13.2. The second-order valence-corrected chi connectivity index (χ2v) is 5.98. The molecule has 0 aliphatic carbocycles. The van der Waals surface area contributed by atoms with Crippen LogP contribution in [0.4, 0.5) is 23.4 Å². The monoisotopic (exact) mass is 385 g/mol. The van der Waals surface area contributed by atoms with Crippen molar-refractivity contribution in [2.75, 3.05) is 18.8 Å². The van der Waals surface area contributed by atoms with Gasteiger partial charge in [0, 0.05) is 19.4 Å². The van der Waals surface area contributed by atoms with E-state index in [1.165, 1.54) is 13.1 Å². The molecule has 10 heteroatoms. The quantitative estimate of drug-likeness (QED) is 0.629. The third-order valence-electron chi connectivity index (χ3n) is 3.63. The van der Waals surface area contributed by atoms with Crippen molar-refractivity contribution in [3.05, 3.63) is 47.8 Å². The van der Waals surface area contributed by atoms with Crippen LogP contribution < -0.4 is 9.64 Å². The first-order chi connectivity index (χ1) is 12.3. The molecule has 5 nitrogen and oxygen atoms in total. The predicted octanol–water partition coefficient (Wildman–Crippen LogP) is 4.29. The molecule has 1 amide bonds. The van der Waals surface area contributed by atoms with Crippen molar-refractivity contribution in [3.8, 4) is 5.75 Å². The first kappa shape index (κ1) is 18.1. The number of anilines is 1. The molecule has 0 N–H and O–H groups in total.